The fourth-order valence-corrected chi connectivity index (χ4v) is 3.02. The van der Waals surface area contributed by atoms with E-state index in [2.05, 4.69) is 0 Å². The molecule has 0 atom stereocenters. The first-order valence-electron chi connectivity index (χ1n) is 5.93. The Bertz CT molecular complexity index is 790. The van der Waals surface area contributed by atoms with Crippen LogP contribution >= 0.6 is 11.3 Å². The molecule has 0 radical (unpaired) electrons. The summed E-state index contributed by atoms with van der Waals surface area (Å²) in [4.78, 5) is 23.2. The minimum Gasteiger partial charge on any atom is -0.288 e. The van der Waals surface area contributed by atoms with Crippen molar-refractivity contribution in [1.82, 2.24) is 0 Å². The van der Waals surface area contributed by atoms with Gasteiger partial charge in [0.2, 0.25) is 5.78 Å². The van der Waals surface area contributed by atoms with Gasteiger partial charge in [-0.1, -0.05) is 30.3 Å². The van der Waals surface area contributed by atoms with Crippen molar-refractivity contribution >= 4 is 32.9 Å². The van der Waals surface area contributed by atoms with Crippen LogP contribution in [0, 0.1) is 10.1 Å². The molecule has 0 unspecified atom stereocenters. The van der Waals surface area contributed by atoms with Crippen molar-refractivity contribution in [1.29, 1.82) is 0 Å². The summed E-state index contributed by atoms with van der Waals surface area (Å²) in [6.07, 6.45) is 0. The van der Waals surface area contributed by atoms with Crippen LogP contribution in [0.15, 0.2) is 54.6 Å². The molecule has 0 amide bonds. The standard InChI is InChI=1S/C15H9NO3S/c17-15(11-5-3-6-12(8-11)16(18)19)14-9-10-4-1-2-7-13(10)20-14/h1-9H. The lowest BCUT2D eigenvalue weighted by Crippen LogP contribution is -1.99. The zero-order chi connectivity index (χ0) is 14.1. The van der Waals surface area contributed by atoms with Crippen molar-refractivity contribution in [2.75, 3.05) is 0 Å². The summed E-state index contributed by atoms with van der Waals surface area (Å²) in [5.41, 5.74) is 0.266. The fourth-order valence-electron chi connectivity index (χ4n) is 2.00. The van der Waals surface area contributed by atoms with E-state index in [9.17, 15) is 14.9 Å². The Balaban J connectivity index is 2.03. The van der Waals surface area contributed by atoms with E-state index in [-0.39, 0.29) is 11.5 Å². The SMILES string of the molecule is O=C(c1cccc([N+](=O)[O-])c1)c1cc2ccccc2s1. The average molecular weight is 283 g/mol. The third-order valence-electron chi connectivity index (χ3n) is 2.97. The lowest BCUT2D eigenvalue weighted by Gasteiger charge is -1.97. The first kappa shape index (κ1) is 12.5. The predicted molar refractivity (Wildman–Crippen MR) is 78.4 cm³/mol. The van der Waals surface area contributed by atoms with Crippen molar-refractivity contribution < 1.29 is 9.72 Å². The number of carbonyl (C=O) groups excluding carboxylic acids is 1. The molecule has 0 aliphatic heterocycles. The zero-order valence-corrected chi connectivity index (χ0v) is 11.1. The van der Waals surface area contributed by atoms with Gasteiger partial charge in [-0.2, -0.15) is 0 Å². The van der Waals surface area contributed by atoms with Gasteiger partial charge in [0.05, 0.1) is 9.80 Å². The van der Waals surface area contributed by atoms with Gasteiger partial charge >= 0.3 is 0 Å². The molecule has 1 aromatic heterocycles. The minimum atomic E-state index is -0.498. The van der Waals surface area contributed by atoms with Crippen LogP contribution in [0.3, 0.4) is 0 Å². The molecule has 3 rings (SSSR count). The second-order valence-electron chi connectivity index (χ2n) is 4.29. The number of hydrogen-bond donors (Lipinski definition) is 0. The first-order chi connectivity index (χ1) is 9.65. The fraction of sp³-hybridized carbons (Fsp3) is 0. The summed E-state index contributed by atoms with van der Waals surface area (Å²) in [6, 6.07) is 15.4. The van der Waals surface area contributed by atoms with Gasteiger partial charge in [-0.25, -0.2) is 0 Å². The van der Waals surface area contributed by atoms with Crippen molar-refractivity contribution in [3.05, 3.63) is 75.2 Å². The molecule has 0 bridgehead atoms. The largest absolute Gasteiger partial charge is 0.288 e. The monoisotopic (exact) mass is 283 g/mol. The Morgan fingerprint density at radius 3 is 2.60 bits per heavy atom. The normalized spacial score (nSPS) is 10.6. The van der Waals surface area contributed by atoms with Crippen LogP contribution in [-0.4, -0.2) is 10.7 Å². The van der Waals surface area contributed by atoms with Crippen LogP contribution in [-0.2, 0) is 0 Å². The maximum absolute atomic E-state index is 12.4. The highest BCUT2D eigenvalue weighted by molar-refractivity contribution is 7.21. The highest BCUT2D eigenvalue weighted by Crippen LogP contribution is 2.27. The number of fused-ring (bicyclic) bond motifs is 1. The van der Waals surface area contributed by atoms with Crippen LogP contribution < -0.4 is 0 Å². The highest BCUT2D eigenvalue weighted by atomic mass is 32.1. The van der Waals surface area contributed by atoms with Gasteiger partial charge in [-0.05, 0) is 17.5 Å². The lowest BCUT2D eigenvalue weighted by molar-refractivity contribution is -0.384. The van der Waals surface area contributed by atoms with Gasteiger partial charge in [0, 0.05) is 22.4 Å². The van der Waals surface area contributed by atoms with Gasteiger partial charge in [-0.15, -0.1) is 11.3 Å². The topological polar surface area (TPSA) is 60.2 Å². The maximum atomic E-state index is 12.4. The van der Waals surface area contributed by atoms with Crippen LogP contribution in [0.2, 0.25) is 0 Å². The molecule has 3 aromatic rings. The van der Waals surface area contributed by atoms with Crippen LogP contribution in [0.25, 0.3) is 10.1 Å². The van der Waals surface area contributed by atoms with Crippen LogP contribution in [0.4, 0.5) is 5.69 Å². The summed E-state index contributed by atoms with van der Waals surface area (Å²) in [5, 5.41) is 11.8. The molecule has 0 aliphatic carbocycles. The van der Waals surface area contributed by atoms with Gasteiger partial charge < -0.3 is 0 Å². The van der Waals surface area contributed by atoms with Gasteiger partial charge in [-0.3, -0.25) is 14.9 Å². The summed E-state index contributed by atoms with van der Waals surface area (Å²) in [7, 11) is 0. The van der Waals surface area contributed by atoms with Gasteiger partial charge in [0.15, 0.2) is 0 Å². The van der Waals surface area contributed by atoms with Crippen molar-refractivity contribution in [3.8, 4) is 0 Å². The molecule has 98 valence electrons. The summed E-state index contributed by atoms with van der Waals surface area (Å²) in [5.74, 6) is -0.185. The number of nitro groups is 1. The Labute approximate surface area is 118 Å². The van der Waals surface area contributed by atoms with Crippen LogP contribution in [0.5, 0.6) is 0 Å². The number of ketones is 1. The minimum absolute atomic E-state index is 0.0723. The molecular weight excluding hydrogens is 274 g/mol. The Morgan fingerprint density at radius 1 is 1.05 bits per heavy atom. The average Bonchev–Trinajstić information content (AvgIpc) is 2.90. The Kier molecular flexibility index (Phi) is 3.04. The van der Waals surface area contributed by atoms with E-state index in [4.69, 9.17) is 0 Å². The zero-order valence-electron chi connectivity index (χ0n) is 10.3. The number of nitro benzene ring substituents is 1. The number of carbonyl (C=O) groups is 1. The van der Waals surface area contributed by atoms with E-state index in [0.717, 1.165) is 10.1 Å². The second kappa shape index (κ2) is 4.86. The maximum Gasteiger partial charge on any atom is 0.270 e. The van der Waals surface area contributed by atoms with Crippen molar-refractivity contribution in [2.45, 2.75) is 0 Å². The molecule has 0 aliphatic rings. The molecule has 5 heteroatoms. The molecule has 0 spiro atoms. The molecule has 0 N–H and O–H groups in total. The number of rotatable bonds is 3. The van der Waals surface area contributed by atoms with E-state index in [1.54, 1.807) is 6.07 Å². The predicted octanol–water partition coefficient (Wildman–Crippen LogP) is 4.04. The summed E-state index contributed by atoms with van der Waals surface area (Å²) >= 11 is 1.40. The molecule has 0 fully saturated rings. The third kappa shape index (κ3) is 2.19. The van der Waals surface area contributed by atoms with Gasteiger partial charge in [0.1, 0.15) is 0 Å². The molecule has 20 heavy (non-hydrogen) atoms. The Morgan fingerprint density at radius 2 is 1.85 bits per heavy atom. The molecule has 2 aromatic carbocycles. The first-order valence-corrected chi connectivity index (χ1v) is 6.74. The third-order valence-corrected chi connectivity index (χ3v) is 4.08. The van der Waals surface area contributed by atoms with Crippen molar-refractivity contribution in [3.63, 3.8) is 0 Å². The summed E-state index contributed by atoms with van der Waals surface area (Å²) in [6.45, 7) is 0. The highest BCUT2D eigenvalue weighted by Gasteiger charge is 2.15. The quantitative estimate of drug-likeness (QED) is 0.414. The van der Waals surface area contributed by atoms with E-state index >= 15 is 0 Å². The second-order valence-corrected chi connectivity index (χ2v) is 5.37. The molecular formula is C15H9NO3S. The summed E-state index contributed by atoms with van der Waals surface area (Å²) < 4.78 is 1.03. The Hall–Kier alpha value is -2.53. The number of non-ortho nitro benzene ring substituents is 1. The number of nitrogens with zero attached hydrogens (tertiary/aromatic N) is 1. The number of benzene rings is 2. The van der Waals surface area contributed by atoms with E-state index in [0.29, 0.717) is 10.4 Å². The number of thiophene rings is 1. The molecule has 0 saturated heterocycles. The van der Waals surface area contributed by atoms with Crippen molar-refractivity contribution in [2.24, 2.45) is 0 Å². The molecule has 1 heterocycles. The number of hydrogen-bond acceptors (Lipinski definition) is 4. The smallest absolute Gasteiger partial charge is 0.270 e. The van der Waals surface area contributed by atoms with Crippen LogP contribution in [0.1, 0.15) is 15.2 Å². The van der Waals surface area contributed by atoms with E-state index in [1.807, 2.05) is 30.3 Å². The lowest BCUT2D eigenvalue weighted by atomic mass is 10.1. The molecule has 0 saturated carbocycles. The van der Waals surface area contributed by atoms with E-state index in [1.165, 1.54) is 29.5 Å². The molecule has 4 nitrogen and oxygen atoms in total. The van der Waals surface area contributed by atoms with E-state index < -0.39 is 4.92 Å². The van der Waals surface area contributed by atoms with Gasteiger partial charge in [0.25, 0.3) is 5.69 Å².